The van der Waals surface area contributed by atoms with Gasteiger partial charge in [0, 0.05) is 19.3 Å². The van der Waals surface area contributed by atoms with Gasteiger partial charge in [-0.1, -0.05) is 39.0 Å². The van der Waals surface area contributed by atoms with E-state index in [-0.39, 0.29) is 25.3 Å². The van der Waals surface area contributed by atoms with Crippen LogP contribution in [0.2, 0.25) is 0 Å². The second kappa shape index (κ2) is 9.97. The Bertz CT molecular complexity index is 1110. The number of nitrogens with one attached hydrogen (secondary N) is 2. The molecule has 3 rings (SSSR count). The summed E-state index contributed by atoms with van der Waals surface area (Å²) in [5.74, 6) is -1.46. The number of para-hydroxylation sites is 1. The molecule has 202 valence electrons. The third-order valence-corrected chi connectivity index (χ3v) is 7.16. The number of fused-ring (bicyclic) bond motifs is 2. The molecule has 5 atom stereocenters. The molecule has 1 spiro atoms. The molecule has 1 saturated heterocycles. The summed E-state index contributed by atoms with van der Waals surface area (Å²) < 4.78 is 39.1. The summed E-state index contributed by atoms with van der Waals surface area (Å²) in [5.41, 5.74) is -0.136. The minimum atomic E-state index is -4.53. The highest BCUT2D eigenvalue weighted by atomic mass is 19.4. The van der Waals surface area contributed by atoms with E-state index >= 15 is 0 Å². The zero-order valence-corrected chi connectivity index (χ0v) is 21.9. The first-order chi connectivity index (χ1) is 17.0. The molecule has 0 aliphatic carbocycles. The molecule has 37 heavy (non-hydrogen) atoms. The predicted octanol–water partition coefficient (Wildman–Crippen LogP) is 3.55. The molecule has 0 aromatic heterocycles. The van der Waals surface area contributed by atoms with Crippen molar-refractivity contribution in [1.29, 1.82) is 0 Å². The number of benzene rings is 1. The Labute approximate surface area is 215 Å². The maximum atomic E-state index is 14.0. The van der Waals surface area contributed by atoms with Crippen molar-refractivity contribution in [1.82, 2.24) is 15.1 Å². The van der Waals surface area contributed by atoms with Gasteiger partial charge in [0.15, 0.2) is 0 Å². The molecule has 11 heteroatoms. The van der Waals surface area contributed by atoms with E-state index in [1.54, 1.807) is 24.3 Å². The molecule has 1 fully saturated rings. The summed E-state index contributed by atoms with van der Waals surface area (Å²) in [6.45, 7) is 15.6. The lowest BCUT2D eigenvalue weighted by atomic mass is 9.80. The van der Waals surface area contributed by atoms with E-state index < -0.39 is 53.1 Å². The van der Waals surface area contributed by atoms with E-state index in [0.29, 0.717) is 5.69 Å². The van der Waals surface area contributed by atoms with Crippen LogP contribution < -0.4 is 10.6 Å². The zero-order chi connectivity index (χ0) is 27.9. The van der Waals surface area contributed by atoms with Crippen LogP contribution in [0.25, 0.3) is 4.85 Å². The van der Waals surface area contributed by atoms with Gasteiger partial charge in [-0.15, -0.1) is 0 Å². The Morgan fingerprint density at radius 2 is 1.89 bits per heavy atom. The van der Waals surface area contributed by atoms with Crippen LogP contribution in [-0.2, 0) is 19.8 Å². The van der Waals surface area contributed by atoms with Crippen molar-refractivity contribution < 1.29 is 27.6 Å². The molecular weight excluding hydrogens is 487 g/mol. The lowest BCUT2D eigenvalue weighted by Crippen LogP contribution is -2.57. The van der Waals surface area contributed by atoms with Gasteiger partial charge in [-0.05, 0) is 37.3 Å². The average molecular weight is 522 g/mol. The number of likely N-dealkylation sites (N-methyl/N-ethyl adjacent to an activating group) is 1. The average Bonchev–Trinajstić information content (AvgIpc) is 3.33. The van der Waals surface area contributed by atoms with Crippen LogP contribution in [0.3, 0.4) is 0 Å². The van der Waals surface area contributed by atoms with Gasteiger partial charge in [0.05, 0.1) is 12.5 Å². The van der Waals surface area contributed by atoms with Gasteiger partial charge in [-0.25, -0.2) is 6.57 Å². The Morgan fingerprint density at radius 1 is 1.27 bits per heavy atom. The van der Waals surface area contributed by atoms with Gasteiger partial charge >= 0.3 is 12.3 Å². The third kappa shape index (κ3) is 5.59. The number of alkyl halides is 3. The van der Waals surface area contributed by atoms with Crippen LogP contribution in [-0.4, -0.2) is 71.6 Å². The molecule has 1 aromatic rings. The van der Waals surface area contributed by atoms with Crippen molar-refractivity contribution in [2.45, 2.75) is 83.3 Å². The summed E-state index contributed by atoms with van der Waals surface area (Å²) in [6.07, 6.45) is -5.12. The summed E-state index contributed by atoms with van der Waals surface area (Å²) in [6, 6.07) is 3.01. The number of hydrogen-bond acceptors (Lipinski definition) is 4. The van der Waals surface area contributed by atoms with Crippen LogP contribution in [0, 0.1) is 12.0 Å². The largest absolute Gasteiger partial charge is 0.403 e. The van der Waals surface area contributed by atoms with Crippen molar-refractivity contribution in [2.24, 2.45) is 5.41 Å². The molecule has 0 bridgehead atoms. The van der Waals surface area contributed by atoms with Crippen molar-refractivity contribution in [3.05, 3.63) is 41.2 Å². The van der Waals surface area contributed by atoms with Crippen molar-refractivity contribution >= 4 is 23.4 Å². The molecule has 8 nitrogen and oxygen atoms in total. The summed E-state index contributed by atoms with van der Waals surface area (Å²) in [7, 11) is 1.39. The molecule has 2 aliphatic rings. The Balaban J connectivity index is 1.90. The fourth-order valence-electron chi connectivity index (χ4n) is 5.12. The topological polar surface area (TPSA) is 86.1 Å². The maximum absolute atomic E-state index is 14.0. The molecule has 2 heterocycles. The van der Waals surface area contributed by atoms with Gasteiger partial charge in [-0.3, -0.25) is 29.4 Å². The third-order valence-electron chi connectivity index (χ3n) is 7.16. The van der Waals surface area contributed by atoms with E-state index in [0.717, 1.165) is 12.5 Å². The molecule has 3 amide bonds. The molecule has 2 aliphatic heterocycles. The fourth-order valence-corrected chi connectivity index (χ4v) is 5.12. The molecule has 1 unspecified atom stereocenters. The lowest BCUT2D eigenvalue weighted by molar-refractivity contribution is -0.157. The van der Waals surface area contributed by atoms with E-state index in [2.05, 4.69) is 15.5 Å². The number of rotatable bonds is 6. The van der Waals surface area contributed by atoms with Crippen LogP contribution in [0.15, 0.2) is 24.3 Å². The van der Waals surface area contributed by atoms with Gasteiger partial charge in [0.25, 0.3) is 5.91 Å². The van der Waals surface area contributed by atoms with Crippen molar-refractivity contribution in [3.63, 3.8) is 0 Å². The maximum Gasteiger partial charge on any atom is 0.403 e. The smallest absolute Gasteiger partial charge is 0.332 e. The highest BCUT2D eigenvalue weighted by Gasteiger charge is 2.59. The number of nitrogens with zero attached hydrogens (tertiary/aromatic N) is 3. The van der Waals surface area contributed by atoms with Crippen LogP contribution in [0.5, 0.6) is 0 Å². The zero-order valence-electron chi connectivity index (χ0n) is 21.9. The van der Waals surface area contributed by atoms with E-state index in [1.165, 1.54) is 23.8 Å². The van der Waals surface area contributed by atoms with Crippen molar-refractivity contribution in [3.8, 4) is 0 Å². The number of hydrogen-bond donors (Lipinski definition) is 2. The second-order valence-electron chi connectivity index (χ2n) is 11.2. The number of anilines is 1. The SMILES string of the molecule is [C-]#[N+][C@@H]1C[C@@]2(CN1C(=O)[C@H](CC(C)(C)C)N(C)C(=O)[C@H](C)NC(C)C(F)(F)F)C(=O)Nc1ccccc12. The molecule has 2 N–H and O–H groups in total. The molecule has 0 saturated carbocycles. The van der Waals surface area contributed by atoms with Gasteiger partial charge in [-0.2, -0.15) is 13.2 Å². The quantitative estimate of drug-likeness (QED) is 0.561. The van der Waals surface area contributed by atoms with Crippen LogP contribution >= 0.6 is 0 Å². The lowest BCUT2D eigenvalue weighted by Gasteiger charge is -2.36. The first-order valence-electron chi connectivity index (χ1n) is 12.2. The van der Waals surface area contributed by atoms with Crippen LogP contribution in [0.1, 0.15) is 53.0 Å². The Hall–Kier alpha value is -3.13. The van der Waals surface area contributed by atoms with E-state index in [4.69, 9.17) is 6.57 Å². The second-order valence-corrected chi connectivity index (χ2v) is 11.2. The van der Waals surface area contributed by atoms with E-state index in [1.807, 2.05) is 20.8 Å². The normalized spacial score (nSPS) is 23.7. The molecule has 1 aromatic carbocycles. The number of halogens is 3. The van der Waals surface area contributed by atoms with Gasteiger partial charge in [0.2, 0.25) is 11.8 Å². The van der Waals surface area contributed by atoms with E-state index in [9.17, 15) is 27.6 Å². The fraction of sp³-hybridized carbons (Fsp3) is 0.615. The highest BCUT2D eigenvalue weighted by Crippen LogP contribution is 2.47. The monoisotopic (exact) mass is 521 g/mol. The summed E-state index contributed by atoms with van der Waals surface area (Å²) in [4.78, 5) is 46.4. The number of carbonyl (C=O) groups is 3. The number of likely N-dealkylation sites (tertiary alicyclic amines) is 1. The Morgan fingerprint density at radius 3 is 2.46 bits per heavy atom. The Kier molecular flexibility index (Phi) is 7.66. The minimum Gasteiger partial charge on any atom is -0.332 e. The minimum absolute atomic E-state index is 0.0245. The van der Waals surface area contributed by atoms with Crippen LogP contribution in [0.4, 0.5) is 18.9 Å². The standard InChI is InChI=1S/C26H34F3N5O3/c1-15(31-16(2)26(27,28)29)21(35)33(7)19(12-24(3,4)5)22(36)34-14-25(13-20(34)30-6)17-10-8-9-11-18(17)32-23(25)37/h8-11,15-16,19-20,31H,12-14H2,1-5,7H3,(H,32,37)/t15-,16?,19-,20-,25-/m0/s1. The number of carbonyl (C=O) groups excluding carboxylic acids is 3. The predicted molar refractivity (Wildman–Crippen MR) is 132 cm³/mol. The first-order valence-corrected chi connectivity index (χ1v) is 12.2. The number of amides is 3. The molecular formula is C26H34F3N5O3. The first kappa shape index (κ1) is 28.4. The van der Waals surface area contributed by atoms with Gasteiger partial charge in [0.1, 0.15) is 17.5 Å². The highest BCUT2D eigenvalue weighted by molar-refractivity contribution is 6.07. The van der Waals surface area contributed by atoms with Crippen molar-refractivity contribution in [2.75, 3.05) is 18.9 Å². The van der Waals surface area contributed by atoms with Gasteiger partial charge < -0.3 is 10.2 Å². The molecule has 0 radical (unpaired) electrons. The summed E-state index contributed by atoms with van der Waals surface area (Å²) in [5, 5.41) is 5.10. The summed E-state index contributed by atoms with van der Waals surface area (Å²) >= 11 is 0.